The van der Waals surface area contributed by atoms with E-state index in [1.807, 2.05) is 6.07 Å². The summed E-state index contributed by atoms with van der Waals surface area (Å²) in [5.74, 6) is -0.0997. The SMILES string of the molecule is COc1ccc(/C=C(/C(=O)[O-])c2ccccc2)cc1OC. The van der Waals surface area contributed by atoms with Crippen LogP contribution < -0.4 is 14.6 Å². The minimum Gasteiger partial charge on any atom is -0.545 e. The van der Waals surface area contributed by atoms with Crippen LogP contribution in [0.4, 0.5) is 0 Å². The van der Waals surface area contributed by atoms with E-state index in [2.05, 4.69) is 0 Å². The van der Waals surface area contributed by atoms with E-state index in [0.717, 1.165) is 0 Å². The Bertz CT molecular complexity index is 660. The van der Waals surface area contributed by atoms with Crippen LogP contribution in [0, 0.1) is 0 Å². The molecule has 21 heavy (non-hydrogen) atoms. The molecule has 0 bridgehead atoms. The smallest absolute Gasteiger partial charge is 0.161 e. The van der Waals surface area contributed by atoms with Crippen molar-refractivity contribution in [3.05, 3.63) is 59.7 Å². The molecule has 2 rings (SSSR count). The van der Waals surface area contributed by atoms with Gasteiger partial charge in [0.1, 0.15) is 0 Å². The van der Waals surface area contributed by atoms with Crippen LogP contribution in [-0.4, -0.2) is 20.2 Å². The first-order valence-corrected chi connectivity index (χ1v) is 6.36. The molecule has 0 N–H and O–H groups in total. The van der Waals surface area contributed by atoms with Gasteiger partial charge < -0.3 is 19.4 Å². The van der Waals surface area contributed by atoms with Crippen LogP contribution in [0.5, 0.6) is 11.5 Å². The second-order valence-corrected chi connectivity index (χ2v) is 4.33. The molecule has 4 heteroatoms. The quantitative estimate of drug-likeness (QED) is 0.622. The van der Waals surface area contributed by atoms with Gasteiger partial charge in [-0.25, -0.2) is 0 Å². The maximum absolute atomic E-state index is 11.3. The first kappa shape index (κ1) is 14.7. The number of ether oxygens (including phenoxy) is 2. The molecule has 0 saturated heterocycles. The van der Waals surface area contributed by atoms with Crippen molar-refractivity contribution in [1.29, 1.82) is 0 Å². The van der Waals surface area contributed by atoms with Crippen molar-refractivity contribution in [3.8, 4) is 11.5 Å². The molecule has 0 heterocycles. The van der Waals surface area contributed by atoms with Gasteiger partial charge in [0.05, 0.1) is 20.2 Å². The Morgan fingerprint density at radius 3 is 2.24 bits per heavy atom. The average Bonchev–Trinajstić information content (AvgIpc) is 2.52. The van der Waals surface area contributed by atoms with E-state index < -0.39 is 5.97 Å². The molecular weight excluding hydrogens is 268 g/mol. The van der Waals surface area contributed by atoms with Gasteiger partial charge >= 0.3 is 0 Å². The molecule has 0 fully saturated rings. The van der Waals surface area contributed by atoms with Crippen molar-refractivity contribution in [1.82, 2.24) is 0 Å². The van der Waals surface area contributed by atoms with Crippen LogP contribution >= 0.6 is 0 Å². The van der Waals surface area contributed by atoms with Crippen molar-refractivity contribution >= 4 is 17.6 Å². The summed E-state index contributed by atoms with van der Waals surface area (Å²) in [6, 6.07) is 14.0. The zero-order valence-corrected chi connectivity index (χ0v) is 11.8. The normalized spacial score (nSPS) is 11.0. The van der Waals surface area contributed by atoms with Gasteiger partial charge in [0.2, 0.25) is 0 Å². The van der Waals surface area contributed by atoms with Crippen LogP contribution in [0.25, 0.3) is 11.6 Å². The molecule has 0 amide bonds. The highest BCUT2D eigenvalue weighted by Crippen LogP contribution is 2.29. The number of hydrogen-bond donors (Lipinski definition) is 0. The topological polar surface area (TPSA) is 58.6 Å². The Kier molecular flexibility index (Phi) is 4.61. The third-order valence-corrected chi connectivity index (χ3v) is 3.02. The molecule has 2 aromatic rings. The van der Waals surface area contributed by atoms with E-state index in [1.165, 1.54) is 7.11 Å². The standard InChI is InChI=1S/C17H16O4/c1-20-15-9-8-12(11-16(15)21-2)10-14(17(18)19)13-6-4-3-5-7-13/h3-11H,1-2H3,(H,18,19)/p-1/b14-10+. The van der Waals surface area contributed by atoms with Gasteiger partial charge in [0.25, 0.3) is 0 Å². The van der Waals surface area contributed by atoms with E-state index >= 15 is 0 Å². The molecule has 0 unspecified atom stereocenters. The first-order chi connectivity index (χ1) is 10.2. The zero-order valence-electron chi connectivity index (χ0n) is 11.8. The zero-order chi connectivity index (χ0) is 15.2. The van der Waals surface area contributed by atoms with Crippen molar-refractivity contribution in [3.63, 3.8) is 0 Å². The number of carboxylic acids is 1. The number of benzene rings is 2. The molecule has 0 aliphatic rings. The molecule has 108 valence electrons. The van der Waals surface area contributed by atoms with Gasteiger partial charge in [-0.3, -0.25) is 0 Å². The summed E-state index contributed by atoms with van der Waals surface area (Å²) >= 11 is 0. The van der Waals surface area contributed by atoms with E-state index in [9.17, 15) is 9.90 Å². The predicted molar refractivity (Wildman–Crippen MR) is 78.9 cm³/mol. The van der Waals surface area contributed by atoms with Crippen molar-refractivity contribution in [2.24, 2.45) is 0 Å². The predicted octanol–water partition coefficient (Wildman–Crippen LogP) is 1.99. The molecule has 0 aliphatic carbocycles. The number of hydrogen-bond acceptors (Lipinski definition) is 4. The molecular formula is C17H15O4-. The van der Waals surface area contributed by atoms with Crippen LogP contribution in [0.15, 0.2) is 48.5 Å². The lowest BCUT2D eigenvalue weighted by Crippen LogP contribution is -2.23. The molecule has 2 aromatic carbocycles. The van der Waals surface area contributed by atoms with Gasteiger partial charge in [0.15, 0.2) is 11.5 Å². The van der Waals surface area contributed by atoms with E-state index in [0.29, 0.717) is 22.6 Å². The van der Waals surface area contributed by atoms with E-state index in [1.54, 1.807) is 55.7 Å². The Morgan fingerprint density at radius 2 is 1.67 bits per heavy atom. The van der Waals surface area contributed by atoms with Gasteiger partial charge in [-0.05, 0) is 29.3 Å². The highest BCUT2D eigenvalue weighted by atomic mass is 16.5. The Hall–Kier alpha value is -2.75. The summed E-state index contributed by atoms with van der Waals surface area (Å²) in [5, 5.41) is 11.3. The minimum absolute atomic E-state index is 0.114. The molecule has 0 aliphatic heterocycles. The number of rotatable bonds is 5. The van der Waals surface area contributed by atoms with Gasteiger partial charge in [-0.1, -0.05) is 36.4 Å². The van der Waals surface area contributed by atoms with E-state index in [4.69, 9.17) is 9.47 Å². The average molecular weight is 283 g/mol. The van der Waals surface area contributed by atoms with Crippen LogP contribution in [0.2, 0.25) is 0 Å². The van der Waals surface area contributed by atoms with Crippen molar-refractivity contribution < 1.29 is 19.4 Å². The van der Waals surface area contributed by atoms with Crippen LogP contribution in [0.1, 0.15) is 11.1 Å². The third-order valence-electron chi connectivity index (χ3n) is 3.02. The van der Waals surface area contributed by atoms with Crippen molar-refractivity contribution in [2.75, 3.05) is 14.2 Å². The minimum atomic E-state index is -1.23. The fraction of sp³-hybridized carbons (Fsp3) is 0.118. The van der Waals surface area contributed by atoms with Crippen LogP contribution in [0.3, 0.4) is 0 Å². The number of carboxylic acid groups (broad SMARTS) is 1. The molecule has 0 radical (unpaired) electrons. The second-order valence-electron chi connectivity index (χ2n) is 4.33. The Morgan fingerprint density at radius 1 is 1.00 bits per heavy atom. The Labute approximate surface area is 123 Å². The summed E-state index contributed by atoms with van der Waals surface area (Å²) in [5.41, 5.74) is 1.39. The monoisotopic (exact) mass is 283 g/mol. The molecule has 0 spiro atoms. The maximum Gasteiger partial charge on any atom is 0.161 e. The summed E-state index contributed by atoms with van der Waals surface area (Å²) in [7, 11) is 3.08. The molecule has 0 saturated carbocycles. The molecule has 0 aromatic heterocycles. The lowest BCUT2D eigenvalue weighted by Gasteiger charge is -2.11. The van der Waals surface area contributed by atoms with Gasteiger partial charge in [-0.15, -0.1) is 0 Å². The summed E-state index contributed by atoms with van der Waals surface area (Å²) < 4.78 is 10.4. The van der Waals surface area contributed by atoms with Crippen molar-refractivity contribution in [2.45, 2.75) is 0 Å². The summed E-state index contributed by atoms with van der Waals surface area (Å²) in [4.78, 5) is 11.3. The number of carbonyl (C=O) groups excluding carboxylic acids is 1. The number of aliphatic carboxylic acids is 1. The Balaban J connectivity index is 2.46. The number of methoxy groups -OCH3 is 2. The van der Waals surface area contributed by atoms with Gasteiger partial charge in [-0.2, -0.15) is 0 Å². The summed E-state index contributed by atoms with van der Waals surface area (Å²) in [6.07, 6.45) is 1.55. The highest BCUT2D eigenvalue weighted by molar-refractivity contribution is 6.19. The fourth-order valence-electron chi connectivity index (χ4n) is 1.99. The van der Waals surface area contributed by atoms with Gasteiger partial charge in [0, 0.05) is 5.57 Å². The third kappa shape index (κ3) is 3.42. The lowest BCUT2D eigenvalue weighted by atomic mass is 10.0. The lowest BCUT2D eigenvalue weighted by molar-refractivity contribution is -0.295. The first-order valence-electron chi connectivity index (χ1n) is 6.36. The highest BCUT2D eigenvalue weighted by Gasteiger charge is 2.06. The summed E-state index contributed by atoms with van der Waals surface area (Å²) in [6.45, 7) is 0. The number of carbonyl (C=O) groups is 1. The van der Waals surface area contributed by atoms with E-state index in [-0.39, 0.29) is 5.57 Å². The maximum atomic E-state index is 11.3. The molecule has 4 nitrogen and oxygen atoms in total. The van der Waals surface area contributed by atoms with Crippen LogP contribution in [-0.2, 0) is 4.79 Å². The fourth-order valence-corrected chi connectivity index (χ4v) is 1.99. The molecule has 0 atom stereocenters. The largest absolute Gasteiger partial charge is 0.545 e. The second kappa shape index (κ2) is 6.61.